The van der Waals surface area contributed by atoms with Crippen molar-refractivity contribution in [1.82, 2.24) is 4.98 Å². The SMILES string of the molecule is CC(C)(C)c1cc2ccc(Cl)c(Br)c2nc1N. The van der Waals surface area contributed by atoms with Gasteiger partial charge in [-0.3, -0.25) is 0 Å². The van der Waals surface area contributed by atoms with Crippen molar-refractivity contribution in [3.8, 4) is 0 Å². The van der Waals surface area contributed by atoms with Gasteiger partial charge in [0.25, 0.3) is 0 Å². The van der Waals surface area contributed by atoms with Gasteiger partial charge in [-0.2, -0.15) is 0 Å². The number of fused-ring (bicyclic) bond motifs is 1. The Kier molecular flexibility index (Phi) is 3.08. The number of hydrogen-bond acceptors (Lipinski definition) is 2. The Balaban J connectivity index is 2.80. The fourth-order valence-corrected chi connectivity index (χ4v) is 2.40. The Bertz CT molecular complexity index is 588. The van der Waals surface area contributed by atoms with E-state index in [1.807, 2.05) is 12.1 Å². The van der Waals surface area contributed by atoms with E-state index in [1.54, 1.807) is 0 Å². The fourth-order valence-electron chi connectivity index (χ4n) is 1.80. The van der Waals surface area contributed by atoms with E-state index in [0.29, 0.717) is 10.8 Å². The Morgan fingerprint density at radius 1 is 1.29 bits per heavy atom. The molecule has 0 atom stereocenters. The summed E-state index contributed by atoms with van der Waals surface area (Å²) in [6.45, 7) is 6.37. The van der Waals surface area contributed by atoms with Gasteiger partial charge in [0.15, 0.2) is 0 Å². The van der Waals surface area contributed by atoms with E-state index in [-0.39, 0.29) is 5.41 Å². The number of aromatic nitrogens is 1. The van der Waals surface area contributed by atoms with Crippen molar-refractivity contribution in [1.29, 1.82) is 0 Å². The van der Waals surface area contributed by atoms with Gasteiger partial charge in [0.2, 0.25) is 0 Å². The van der Waals surface area contributed by atoms with Crippen molar-refractivity contribution in [3.63, 3.8) is 0 Å². The second kappa shape index (κ2) is 4.14. The van der Waals surface area contributed by atoms with Crippen LogP contribution in [0, 0.1) is 0 Å². The standard InChI is InChI=1S/C13H14BrClN2/c1-13(2,3)8-6-7-4-5-9(15)10(14)11(7)17-12(8)16/h4-6H,1-3H3,(H2,16,17). The van der Waals surface area contributed by atoms with Crippen molar-refractivity contribution in [2.45, 2.75) is 26.2 Å². The number of benzene rings is 1. The van der Waals surface area contributed by atoms with Crippen molar-refractivity contribution in [3.05, 3.63) is 33.3 Å². The summed E-state index contributed by atoms with van der Waals surface area (Å²) in [7, 11) is 0. The van der Waals surface area contributed by atoms with E-state index in [0.717, 1.165) is 20.9 Å². The number of rotatable bonds is 0. The smallest absolute Gasteiger partial charge is 0.127 e. The summed E-state index contributed by atoms with van der Waals surface area (Å²) < 4.78 is 0.795. The molecule has 0 bridgehead atoms. The zero-order chi connectivity index (χ0) is 12.8. The molecule has 90 valence electrons. The number of halogens is 2. The summed E-state index contributed by atoms with van der Waals surface area (Å²) in [5.74, 6) is 0.563. The molecular formula is C13H14BrClN2. The molecule has 0 radical (unpaired) electrons. The molecule has 2 N–H and O–H groups in total. The van der Waals surface area contributed by atoms with Crippen molar-refractivity contribution in [2.75, 3.05) is 5.73 Å². The number of nitrogens with zero attached hydrogens (tertiary/aromatic N) is 1. The van der Waals surface area contributed by atoms with Gasteiger partial charge in [0.05, 0.1) is 15.0 Å². The summed E-state index contributed by atoms with van der Waals surface area (Å²) >= 11 is 9.48. The van der Waals surface area contributed by atoms with Crippen molar-refractivity contribution < 1.29 is 0 Å². The maximum absolute atomic E-state index is 6.04. The first kappa shape index (κ1) is 12.7. The summed E-state index contributed by atoms with van der Waals surface area (Å²) in [6, 6.07) is 5.90. The normalized spacial score (nSPS) is 12.1. The highest BCUT2D eigenvalue weighted by Crippen LogP contribution is 2.34. The lowest BCUT2D eigenvalue weighted by Gasteiger charge is -2.21. The van der Waals surface area contributed by atoms with Gasteiger partial charge in [-0.15, -0.1) is 0 Å². The second-order valence-corrected chi connectivity index (χ2v) is 6.30. The Labute approximate surface area is 114 Å². The molecule has 0 saturated heterocycles. The first-order valence-corrected chi connectivity index (χ1v) is 6.52. The van der Waals surface area contributed by atoms with E-state index < -0.39 is 0 Å². The maximum atomic E-state index is 6.04. The molecule has 4 heteroatoms. The fraction of sp³-hybridized carbons (Fsp3) is 0.308. The van der Waals surface area contributed by atoms with Gasteiger partial charge in [0.1, 0.15) is 5.82 Å². The molecule has 0 fully saturated rings. The van der Waals surface area contributed by atoms with Crippen LogP contribution in [0.15, 0.2) is 22.7 Å². The van der Waals surface area contributed by atoms with Gasteiger partial charge in [-0.1, -0.05) is 38.4 Å². The number of nitrogen functional groups attached to an aromatic ring is 1. The van der Waals surface area contributed by atoms with Crippen molar-refractivity contribution >= 4 is 44.3 Å². The maximum Gasteiger partial charge on any atom is 0.127 e. The summed E-state index contributed by atoms with van der Waals surface area (Å²) in [4.78, 5) is 4.45. The van der Waals surface area contributed by atoms with Gasteiger partial charge >= 0.3 is 0 Å². The summed E-state index contributed by atoms with van der Waals surface area (Å²) in [5.41, 5.74) is 7.86. The largest absolute Gasteiger partial charge is 0.383 e. The van der Waals surface area contributed by atoms with Crippen LogP contribution in [0.4, 0.5) is 5.82 Å². The average molecular weight is 314 g/mol. The Hall–Kier alpha value is -0.800. The molecule has 1 aromatic carbocycles. The van der Waals surface area contributed by atoms with Crippen LogP contribution in [0.3, 0.4) is 0 Å². The third-order valence-electron chi connectivity index (χ3n) is 2.72. The molecule has 2 rings (SSSR count). The zero-order valence-corrected chi connectivity index (χ0v) is 12.4. The van der Waals surface area contributed by atoms with Crippen LogP contribution in [0.1, 0.15) is 26.3 Å². The lowest BCUT2D eigenvalue weighted by Crippen LogP contribution is -2.15. The van der Waals surface area contributed by atoms with Crippen LogP contribution in [0.5, 0.6) is 0 Å². The van der Waals surface area contributed by atoms with Gasteiger partial charge in [-0.05, 0) is 33.5 Å². The number of anilines is 1. The molecule has 0 amide bonds. The predicted octanol–water partition coefficient (Wildman–Crippen LogP) is 4.53. The molecule has 0 aliphatic rings. The van der Waals surface area contributed by atoms with Crippen LogP contribution in [-0.2, 0) is 5.41 Å². The molecule has 2 nitrogen and oxygen atoms in total. The molecule has 2 aromatic rings. The summed E-state index contributed by atoms with van der Waals surface area (Å²) in [6.07, 6.45) is 0. The van der Waals surface area contributed by atoms with Crippen LogP contribution in [-0.4, -0.2) is 4.98 Å². The van der Waals surface area contributed by atoms with E-state index >= 15 is 0 Å². The molecular weight excluding hydrogens is 300 g/mol. The minimum atomic E-state index is -0.0165. The van der Waals surface area contributed by atoms with Crippen LogP contribution >= 0.6 is 27.5 Å². The Morgan fingerprint density at radius 3 is 2.53 bits per heavy atom. The average Bonchev–Trinajstić information content (AvgIpc) is 2.22. The van der Waals surface area contributed by atoms with Crippen molar-refractivity contribution in [2.24, 2.45) is 0 Å². The minimum absolute atomic E-state index is 0.0165. The molecule has 17 heavy (non-hydrogen) atoms. The lowest BCUT2D eigenvalue weighted by molar-refractivity contribution is 0.591. The monoisotopic (exact) mass is 312 g/mol. The van der Waals surface area contributed by atoms with Crippen LogP contribution in [0.2, 0.25) is 5.02 Å². The molecule has 0 aliphatic carbocycles. The lowest BCUT2D eigenvalue weighted by atomic mass is 9.86. The Morgan fingerprint density at radius 2 is 1.94 bits per heavy atom. The number of nitrogens with two attached hydrogens (primary N) is 1. The van der Waals surface area contributed by atoms with E-state index in [2.05, 4.69) is 47.8 Å². The van der Waals surface area contributed by atoms with Gasteiger partial charge in [0, 0.05) is 10.9 Å². The highest BCUT2D eigenvalue weighted by Gasteiger charge is 2.19. The van der Waals surface area contributed by atoms with Gasteiger partial charge < -0.3 is 5.73 Å². The summed E-state index contributed by atoms with van der Waals surface area (Å²) in [5, 5.41) is 1.69. The zero-order valence-electron chi connectivity index (χ0n) is 10.0. The van der Waals surface area contributed by atoms with E-state index in [1.165, 1.54) is 0 Å². The molecule has 0 spiro atoms. The number of hydrogen-bond donors (Lipinski definition) is 1. The van der Waals surface area contributed by atoms with Gasteiger partial charge in [-0.25, -0.2) is 4.98 Å². The predicted molar refractivity (Wildman–Crippen MR) is 77.6 cm³/mol. The second-order valence-electron chi connectivity index (χ2n) is 5.10. The van der Waals surface area contributed by atoms with E-state index in [9.17, 15) is 0 Å². The van der Waals surface area contributed by atoms with Crippen LogP contribution in [0.25, 0.3) is 10.9 Å². The van der Waals surface area contributed by atoms with Crippen LogP contribution < -0.4 is 5.73 Å². The highest BCUT2D eigenvalue weighted by molar-refractivity contribution is 9.10. The topological polar surface area (TPSA) is 38.9 Å². The molecule has 0 saturated carbocycles. The third-order valence-corrected chi connectivity index (χ3v) is 4.06. The first-order valence-electron chi connectivity index (χ1n) is 5.35. The molecule has 0 aliphatic heterocycles. The third kappa shape index (κ3) is 2.26. The number of pyridine rings is 1. The van der Waals surface area contributed by atoms with E-state index in [4.69, 9.17) is 17.3 Å². The quantitative estimate of drug-likeness (QED) is 0.776. The molecule has 1 aromatic heterocycles. The highest BCUT2D eigenvalue weighted by atomic mass is 79.9. The molecule has 0 unspecified atom stereocenters. The minimum Gasteiger partial charge on any atom is -0.383 e. The first-order chi connectivity index (χ1) is 7.80. The molecule has 1 heterocycles.